The van der Waals surface area contributed by atoms with Crippen molar-refractivity contribution in [2.75, 3.05) is 12.3 Å². The summed E-state index contributed by atoms with van der Waals surface area (Å²) in [5.41, 5.74) is 0.815. The molecule has 0 amide bonds. The van der Waals surface area contributed by atoms with Crippen molar-refractivity contribution in [2.45, 2.75) is 5.25 Å². The number of hydrogen-bond acceptors (Lipinski definition) is 4. The highest BCUT2D eigenvalue weighted by Gasteiger charge is 2.24. The van der Waals surface area contributed by atoms with E-state index in [9.17, 15) is 9.90 Å². The lowest BCUT2D eigenvalue weighted by Crippen LogP contribution is -2.09. The Morgan fingerprint density at radius 3 is 2.75 bits per heavy atom. The molecule has 84 valence electrons. The van der Waals surface area contributed by atoms with Crippen LogP contribution in [0.3, 0.4) is 0 Å². The summed E-state index contributed by atoms with van der Waals surface area (Å²) in [7, 11) is 0. The molecule has 0 fully saturated rings. The predicted molar refractivity (Wildman–Crippen MR) is 69.2 cm³/mol. The first-order valence-electron chi connectivity index (χ1n) is 4.89. The zero-order valence-electron chi connectivity index (χ0n) is 8.50. The molecule has 0 spiro atoms. The van der Waals surface area contributed by atoms with Crippen LogP contribution in [0.2, 0.25) is 0 Å². The van der Waals surface area contributed by atoms with Gasteiger partial charge in [-0.2, -0.15) is 0 Å². The van der Waals surface area contributed by atoms with Gasteiger partial charge in [0, 0.05) is 5.75 Å². The molecule has 0 saturated carbocycles. The third-order valence-electron chi connectivity index (χ3n) is 2.10. The van der Waals surface area contributed by atoms with Crippen molar-refractivity contribution in [1.29, 1.82) is 0 Å². The van der Waals surface area contributed by atoms with Crippen molar-refractivity contribution in [3.8, 4) is 0 Å². The second kappa shape index (κ2) is 5.41. The smallest absolute Gasteiger partial charge is 0.321 e. The van der Waals surface area contributed by atoms with Gasteiger partial charge < -0.3 is 5.11 Å². The maximum absolute atomic E-state index is 11.2. The van der Waals surface area contributed by atoms with Crippen molar-refractivity contribution in [3.63, 3.8) is 0 Å². The van der Waals surface area contributed by atoms with Crippen molar-refractivity contribution in [3.05, 3.63) is 35.9 Å². The van der Waals surface area contributed by atoms with E-state index in [1.54, 1.807) is 11.8 Å². The summed E-state index contributed by atoms with van der Waals surface area (Å²) in [5, 5.41) is 8.65. The van der Waals surface area contributed by atoms with Gasteiger partial charge >= 0.3 is 5.97 Å². The van der Waals surface area contributed by atoms with Crippen LogP contribution in [0.25, 0.3) is 0 Å². The minimum atomic E-state index is -0.814. The summed E-state index contributed by atoms with van der Waals surface area (Å²) in [6.07, 6.45) is 0. The van der Waals surface area contributed by atoms with Gasteiger partial charge in [-0.3, -0.25) is 9.79 Å². The SMILES string of the molecule is O=C(O)[C@H](SC1=NCCS1)c1ccccc1. The molecule has 1 atom stereocenters. The number of hydrogen-bond donors (Lipinski definition) is 1. The van der Waals surface area contributed by atoms with Crippen LogP contribution in [0.5, 0.6) is 0 Å². The third-order valence-corrected chi connectivity index (χ3v) is 4.55. The highest BCUT2D eigenvalue weighted by molar-refractivity contribution is 8.39. The monoisotopic (exact) mass is 253 g/mol. The van der Waals surface area contributed by atoms with Gasteiger partial charge in [-0.15, -0.1) is 0 Å². The topological polar surface area (TPSA) is 49.7 Å². The molecule has 0 aromatic heterocycles. The molecule has 5 heteroatoms. The van der Waals surface area contributed by atoms with E-state index >= 15 is 0 Å². The number of benzene rings is 1. The van der Waals surface area contributed by atoms with E-state index in [0.29, 0.717) is 0 Å². The molecule has 16 heavy (non-hydrogen) atoms. The quantitative estimate of drug-likeness (QED) is 0.899. The van der Waals surface area contributed by atoms with Crippen molar-refractivity contribution in [2.24, 2.45) is 4.99 Å². The lowest BCUT2D eigenvalue weighted by atomic mass is 10.1. The fourth-order valence-corrected chi connectivity index (χ4v) is 3.49. The van der Waals surface area contributed by atoms with Crippen LogP contribution in [0, 0.1) is 0 Å². The molecule has 0 saturated heterocycles. The normalized spacial score (nSPS) is 16.9. The van der Waals surface area contributed by atoms with Crippen molar-refractivity contribution >= 4 is 33.9 Å². The second-order valence-corrected chi connectivity index (χ2v) is 5.68. The Balaban J connectivity index is 2.14. The van der Waals surface area contributed by atoms with E-state index in [1.165, 1.54) is 11.8 Å². The minimum absolute atomic E-state index is 0.550. The van der Waals surface area contributed by atoms with Gasteiger partial charge in [0.1, 0.15) is 9.63 Å². The Morgan fingerprint density at radius 2 is 2.19 bits per heavy atom. The van der Waals surface area contributed by atoms with Gasteiger partial charge in [-0.05, 0) is 5.56 Å². The average molecular weight is 253 g/mol. The Morgan fingerprint density at radius 1 is 1.44 bits per heavy atom. The fraction of sp³-hybridized carbons (Fsp3) is 0.273. The summed E-state index contributed by atoms with van der Waals surface area (Å²) < 4.78 is 0.885. The molecule has 1 N–H and O–H groups in total. The van der Waals surface area contributed by atoms with Crippen LogP contribution in [-0.2, 0) is 4.79 Å². The molecule has 0 aliphatic carbocycles. The van der Waals surface area contributed by atoms with E-state index in [0.717, 1.165) is 22.2 Å². The number of carbonyl (C=O) groups is 1. The number of aliphatic imine (C=N–C) groups is 1. The minimum Gasteiger partial charge on any atom is -0.480 e. The van der Waals surface area contributed by atoms with Crippen LogP contribution in [0.15, 0.2) is 35.3 Å². The maximum Gasteiger partial charge on any atom is 0.321 e. The number of nitrogens with zero attached hydrogens (tertiary/aromatic N) is 1. The molecule has 1 aliphatic rings. The van der Waals surface area contributed by atoms with Gasteiger partial charge in [0.05, 0.1) is 6.54 Å². The van der Waals surface area contributed by atoms with E-state index in [1.807, 2.05) is 30.3 Å². The van der Waals surface area contributed by atoms with E-state index in [-0.39, 0.29) is 0 Å². The van der Waals surface area contributed by atoms with Gasteiger partial charge in [-0.1, -0.05) is 53.9 Å². The highest BCUT2D eigenvalue weighted by Crippen LogP contribution is 2.35. The van der Waals surface area contributed by atoms with Crippen LogP contribution in [0.1, 0.15) is 10.8 Å². The Labute approximate surface area is 102 Å². The standard InChI is InChI=1S/C11H11NO2S2/c13-10(14)9(8-4-2-1-3-5-8)16-11-12-6-7-15-11/h1-5,9H,6-7H2,(H,13,14)/t9-/m1/s1. The summed E-state index contributed by atoms with van der Waals surface area (Å²) in [5.74, 6) is 0.148. The first-order chi connectivity index (χ1) is 7.77. The number of carboxylic acids is 1. The van der Waals surface area contributed by atoms with Crippen LogP contribution in [-0.4, -0.2) is 27.7 Å². The summed E-state index contributed by atoms with van der Waals surface area (Å²) in [4.78, 5) is 15.5. The first kappa shape index (κ1) is 11.5. The van der Waals surface area contributed by atoms with Crippen molar-refractivity contribution < 1.29 is 9.90 Å². The molecular weight excluding hydrogens is 242 g/mol. The average Bonchev–Trinajstić information content (AvgIpc) is 2.79. The largest absolute Gasteiger partial charge is 0.480 e. The van der Waals surface area contributed by atoms with E-state index in [2.05, 4.69) is 4.99 Å². The number of carboxylic acid groups (broad SMARTS) is 1. The molecule has 1 aromatic carbocycles. The summed E-state index contributed by atoms with van der Waals surface area (Å²) in [6, 6.07) is 9.28. The molecule has 0 bridgehead atoms. The van der Waals surface area contributed by atoms with Gasteiger partial charge in [0.15, 0.2) is 0 Å². The Hall–Kier alpha value is -0.940. The third kappa shape index (κ3) is 2.80. The Kier molecular flexibility index (Phi) is 3.90. The number of aliphatic carboxylic acids is 1. The molecule has 0 radical (unpaired) electrons. The molecule has 3 nitrogen and oxygen atoms in total. The summed E-state index contributed by atoms with van der Waals surface area (Å²) in [6.45, 7) is 0.800. The molecule has 2 rings (SSSR count). The van der Waals surface area contributed by atoms with Crippen LogP contribution < -0.4 is 0 Å². The van der Waals surface area contributed by atoms with Gasteiger partial charge in [0.2, 0.25) is 0 Å². The summed E-state index contributed by atoms with van der Waals surface area (Å²) >= 11 is 2.96. The first-order valence-corrected chi connectivity index (χ1v) is 6.75. The fourth-order valence-electron chi connectivity index (χ4n) is 1.38. The molecule has 1 aliphatic heterocycles. The number of rotatable bonds is 3. The van der Waals surface area contributed by atoms with Gasteiger partial charge in [-0.25, -0.2) is 0 Å². The van der Waals surface area contributed by atoms with E-state index < -0.39 is 11.2 Å². The Bertz CT molecular complexity index is 406. The number of thioether (sulfide) groups is 2. The molecule has 0 unspecified atom stereocenters. The highest BCUT2D eigenvalue weighted by atomic mass is 32.2. The maximum atomic E-state index is 11.2. The van der Waals surface area contributed by atoms with Crippen molar-refractivity contribution in [1.82, 2.24) is 0 Å². The van der Waals surface area contributed by atoms with E-state index in [4.69, 9.17) is 0 Å². The lowest BCUT2D eigenvalue weighted by molar-refractivity contribution is -0.136. The van der Waals surface area contributed by atoms with Gasteiger partial charge in [0.25, 0.3) is 0 Å². The predicted octanol–water partition coefficient (Wildman–Crippen LogP) is 2.65. The molecular formula is C11H11NO2S2. The van der Waals surface area contributed by atoms with Crippen LogP contribution in [0.4, 0.5) is 0 Å². The second-order valence-electron chi connectivity index (χ2n) is 3.24. The van der Waals surface area contributed by atoms with Crippen LogP contribution >= 0.6 is 23.5 Å². The molecule has 1 aromatic rings. The lowest BCUT2D eigenvalue weighted by Gasteiger charge is -2.11. The zero-order chi connectivity index (χ0) is 11.4. The molecule has 1 heterocycles. The zero-order valence-corrected chi connectivity index (χ0v) is 10.1.